The van der Waals surface area contributed by atoms with Crippen LogP contribution in [0.15, 0.2) is 28.9 Å². The largest absolute Gasteiger partial charge is 0.486 e. The van der Waals surface area contributed by atoms with Gasteiger partial charge in [0.1, 0.15) is 5.82 Å². The molecule has 0 saturated heterocycles. The zero-order valence-corrected chi connectivity index (χ0v) is 12.8. The highest BCUT2D eigenvalue weighted by Gasteiger charge is 2.07. The summed E-state index contributed by atoms with van der Waals surface area (Å²) in [6.45, 7) is 2.89. The highest BCUT2D eigenvalue weighted by atomic mass is 79.9. The summed E-state index contributed by atoms with van der Waals surface area (Å²) < 4.78 is 6.25. The third kappa shape index (κ3) is 3.03. The number of nitrogens with one attached hydrogen (secondary N) is 1. The van der Waals surface area contributed by atoms with E-state index < -0.39 is 0 Å². The van der Waals surface area contributed by atoms with Crippen molar-refractivity contribution >= 4 is 33.1 Å². The summed E-state index contributed by atoms with van der Waals surface area (Å²) in [5.41, 5.74) is 1.24. The van der Waals surface area contributed by atoms with Crippen LogP contribution in [0.1, 0.15) is 17.4 Å². The molecule has 0 bridgehead atoms. The third-order valence-corrected chi connectivity index (χ3v) is 4.54. The van der Waals surface area contributed by atoms with Crippen LogP contribution in [0.2, 0.25) is 0 Å². The first-order valence-corrected chi connectivity index (χ1v) is 7.35. The Bertz CT molecular complexity index is 527. The van der Waals surface area contributed by atoms with E-state index >= 15 is 0 Å². The normalized spacial score (nSPS) is 10.4. The van der Waals surface area contributed by atoms with Gasteiger partial charge in [0.05, 0.1) is 18.1 Å². The molecule has 3 nitrogen and oxygen atoms in total. The maximum absolute atomic E-state index is 5.25. The van der Waals surface area contributed by atoms with Crippen molar-refractivity contribution in [2.24, 2.45) is 0 Å². The zero-order valence-electron chi connectivity index (χ0n) is 10.4. The highest BCUT2D eigenvalue weighted by Crippen LogP contribution is 2.34. The van der Waals surface area contributed by atoms with E-state index in [1.165, 1.54) is 10.4 Å². The molecule has 0 radical (unpaired) electrons. The number of ether oxygens (including phenoxy) is 1. The van der Waals surface area contributed by atoms with Gasteiger partial charge in [0.15, 0.2) is 5.06 Å². The van der Waals surface area contributed by atoms with Crippen LogP contribution in [0.25, 0.3) is 0 Å². The van der Waals surface area contributed by atoms with E-state index in [4.69, 9.17) is 4.74 Å². The fourth-order valence-corrected chi connectivity index (χ4v) is 3.31. The van der Waals surface area contributed by atoms with Crippen molar-refractivity contribution in [3.05, 3.63) is 39.3 Å². The lowest BCUT2D eigenvalue weighted by molar-refractivity contribution is 0.425. The smallest absolute Gasteiger partial charge is 0.188 e. The number of hydrogen-bond donors (Lipinski definition) is 1. The molecule has 0 amide bonds. The summed E-state index contributed by atoms with van der Waals surface area (Å²) >= 11 is 5.11. The second-order valence-corrected chi connectivity index (χ2v) is 5.72. The van der Waals surface area contributed by atoms with Crippen molar-refractivity contribution in [2.45, 2.75) is 19.9 Å². The van der Waals surface area contributed by atoms with Crippen LogP contribution >= 0.6 is 27.3 Å². The topological polar surface area (TPSA) is 34.2 Å². The van der Waals surface area contributed by atoms with Gasteiger partial charge in [-0.15, -0.1) is 11.3 Å². The average Bonchev–Trinajstić information content (AvgIpc) is 2.77. The molecule has 18 heavy (non-hydrogen) atoms. The maximum atomic E-state index is 5.25. The van der Waals surface area contributed by atoms with E-state index in [9.17, 15) is 0 Å². The van der Waals surface area contributed by atoms with E-state index in [-0.39, 0.29) is 0 Å². The van der Waals surface area contributed by atoms with Crippen LogP contribution in [0, 0.1) is 0 Å². The monoisotopic (exact) mass is 326 g/mol. The van der Waals surface area contributed by atoms with Crippen molar-refractivity contribution < 1.29 is 4.74 Å². The molecule has 0 saturated carbocycles. The van der Waals surface area contributed by atoms with Crippen LogP contribution < -0.4 is 10.1 Å². The fourth-order valence-electron chi connectivity index (χ4n) is 1.68. The van der Waals surface area contributed by atoms with Gasteiger partial charge in [-0.3, -0.25) is 0 Å². The molecule has 0 fully saturated rings. The number of aromatic nitrogens is 1. The maximum Gasteiger partial charge on any atom is 0.188 e. The molecular weight excluding hydrogens is 312 g/mol. The Morgan fingerprint density at radius 3 is 3.00 bits per heavy atom. The van der Waals surface area contributed by atoms with Gasteiger partial charge in [-0.25, -0.2) is 4.98 Å². The Kier molecular flexibility index (Phi) is 4.60. The lowest BCUT2D eigenvalue weighted by Crippen LogP contribution is -2.02. The lowest BCUT2D eigenvalue weighted by atomic mass is 10.2. The molecule has 0 atom stereocenters. The van der Waals surface area contributed by atoms with E-state index in [0.29, 0.717) is 0 Å². The average molecular weight is 327 g/mol. The van der Waals surface area contributed by atoms with Crippen LogP contribution in [0.5, 0.6) is 5.06 Å². The molecule has 0 spiro atoms. The van der Waals surface area contributed by atoms with Crippen molar-refractivity contribution in [1.29, 1.82) is 0 Å². The molecule has 96 valence electrons. The van der Waals surface area contributed by atoms with Crippen LogP contribution in [-0.4, -0.2) is 12.1 Å². The number of hydrogen-bond acceptors (Lipinski definition) is 4. The fraction of sp³-hybridized carbons (Fsp3) is 0.308. The molecule has 5 heteroatoms. The standard InChI is InChI=1S/C13H15BrN2OS/c1-3-9-5-4-6-15-12(9)16-8-10-7-11(14)13(17-2)18-10/h4-7H,3,8H2,1-2H3,(H,15,16). The number of pyridine rings is 1. The molecule has 2 heterocycles. The van der Waals surface area contributed by atoms with Gasteiger partial charge in [-0.1, -0.05) is 13.0 Å². The van der Waals surface area contributed by atoms with Gasteiger partial charge in [-0.05, 0) is 40.0 Å². The second kappa shape index (κ2) is 6.20. The number of aryl methyl sites for hydroxylation is 1. The summed E-state index contributed by atoms with van der Waals surface area (Å²) in [5.74, 6) is 0.962. The first-order chi connectivity index (χ1) is 8.74. The van der Waals surface area contributed by atoms with E-state index in [2.05, 4.69) is 45.3 Å². The predicted octanol–water partition coefficient (Wildman–Crippen LogP) is 4.09. The summed E-state index contributed by atoms with van der Waals surface area (Å²) in [6.07, 6.45) is 2.79. The Morgan fingerprint density at radius 1 is 1.50 bits per heavy atom. The van der Waals surface area contributed by atoms with Gasteiger partial charge in [0.2, 0.25) is 0 Å². The van der Waals surface area contributed by atoms with Gasteiger partial charge in [0, 0.05) is 11.1 Å². The third-order valence-electron chi connectivity index (χ3n) is 2.59. The Morgan fingerprint density at radius 2 is 2.33 bits per heavy atom. The minimum Gasteiger partial charge on any atom is -0.486 e. The van der Waals surface area contributed by atoms with E-state index in [1.54, 1.807) is 18.4 Å². The molecule has 2 rings (SSSR count). The summed E-state index contributed by atoms with van der Waals surface area (Å²) in [6, 6.07) is 6.14. The summed E-state index contributed by atoms with van der Waals surface area (Å²) in [7, 11) is 1.68. The van der Waals surface area contributed by atoms with E-state index in [0.717, 1.165) is 28.3 Å². The van der Waals surface area contributed by atoms with Crippen molar-refractivity contribution in [3.63, 3.8) is 0 Å². The Labute approximate surface area is 119 Å². The quantitative estimate of drug-likeness (QED) is 0.898. The molecule has 0 aliphatic heterocycles. The second-order valence-electron chi connectivity index (χ2n) is 3.77. The van der Waals surface area contributed by atoms with Crippen molar-refractivity contribution in [1.82, 2.24) is 4.98 Å². The zero-order chi connectivity index (χ0) is 13.0. The molecule has 1 N–H and O–H groups in total. The van der Waals surface area contributed by atoms with Gasteiger partial charge >= 0.3 is 0 Å². The highest BCUT2D eigenvalue weighted by molar-refractivity contribution is 9.10. The Hall–Kier alpha value is -1.07. The first kappa shape index (κ1) is 13.4. The first-order valence-electron chi connectivity index (χ1n) is 5.74. The molecule has 0 aromatic carbocycles. The lowest BCUT2D eigenvalue weighted by Gasteiger charge is -2.07. The number of anilines is 1. The summed E-state index contributed by atoms with van der Waals surface area (Å²) in [5, 5.41) is 4.27. The molecule has 0 aliphatic carbocycles. The molecule has 0 unspecified atom stereocenters. The number of nitrogens with zero attached hydrogens (tertiary/aromatic N) is 1. The number of thiophene rings is 1. The SMILES string of the molecule is CCc1cccnc1NCc1cc(Br)c(OC)s1. The molecule has 2 aromatic rings. The van der Waals surface area contributed by atoms with E-state index in [1.807, 2.05) is 12.3 Å². The molecule has 2 aromatic heterocycles. The van der Waals surface area contributed by atoms with Crippen molar-refractivity contribution in [2.75, 3.05) is 12.4 Å². The van der Waals surface area contributed by atoms with Gasteiger partial charge in [0.25, 0.3) is 0 Å². The minimum absolute atomic E-state index is 0.761. The van der Waals surface area contributed by atoms with Crippen LogP contribution in [0.3, 0.4) is 0 Å². The predicted molar refractivity (Wildman–Crippen MR) is 79.5 cm³/mol. The van der Waals surface area contributed by atoms with Crippen molar-refractivity contribution in [3.8, 4) is 5.06 Å². The van der Waals surface area contributed by atoms with Gasteiger partial charge < -0.3 is 10.1 Å². The Balaban J connectivity index is 2.06. The number of rotatable bonds is 5. The van der Waals surface area contributed by atoms with Gasteiger partial charge in [-0.2, -0.15) is 0 Å². The molecule has 0 aliphatic rings. The molecular formula is C13H15BrN2OS. The summed E-state index contributed by atoms with van der Waals surface area (Å²) in [4.78, 5) is 5.58. The minimum atomic E-state index is 0.761. The number of halogens is 1. The van der Waals surface area contributed by atoms with Crippen LogP contribution in [-0.2, 0) is 13.0 Å². The van der Waals surface area contributed by atoms with Crippen LogP contribution in [0.4, 0.5) is 5.82 Å². The number of methoxy groups -OCH3 is 1.